The number of carbonyl (C=O) groups excluding carboxylic acids is 1. The number of pyridine rings is 1. The van der Waals surface area contributed by atoms with Crippen molar-refractivity contribution in [1.82, 2.24) is 4.98 Å². The molecule has 19 heavy (non-hydrogen) atoms. The van der Waals surface area contributed by atoms with Crippen molar-refractivity contribution in [3.05, 3.63) is 53.9 Å². The highest BCUT2D eigenvalue weighted by Gasteiger charge is 2.17. The molecular weight excluding hydrogens is 238 g/mol. The minimum atomic E-state index is -0.0640. The predicted octanol–water partition coefficient (Wildman–Crippen LogP) is 2.64. The van der Waals surface area contributed by atoms with Crippen LogP contribution in [0.2, 0.25) is 0 Å². The van der Waals surface area contributed by atoms with Gasteiger partial charge in [-0.1, -0.05) is 12.1 Å². The molecule has 2 aromatic rings. The normalized spacial score (nSPS) is 10.2. The zero-order valence-electron chi connectivity index (χ0n) is 11.1. The molecule has 0 fully saturated rings. The summed E-state index contributed by atoms with van der Waals surface area (Å²) in [6.07, 6.45) is 1.64. The topological polar surface area (TPSA) is 59.2 Å². The molecule has 0 atom stereocenters. The van der Waals surface area contributed by atoms with Gasteiger partial charge >= 0.3 is 0 Å². The first-order valence-corrected chi connectivity index (χ1v) is 6.22. The molecule has 0 saturated carbocycles. The lowest BCUT2D eigenvalue weighted by molar-refractivity contribution is 0.0988. The number of aryl methyl sites for hydroxylation is 1. The molecule has 0 radical (unpaired) electrons. The fourth-order valence-corrected chi connectivity index (χ4v) is 1.99. The van der Waals surface area contributed by atoms with E-state index < -0.39 is 0 Å². The Labute approximate surface area is 112 Å². The van der Waals surface area contributed by atoms with Crippen molar-refractivity contribution in [1.29, 1.82) is 0 Å². The lowest BCUT2D eigenvalue weighted by Gasteiger charge is -2.22. The molecule has 0 saturated heterocycles. The van der Waals surface area contributed by atoms with Crippen LogP contribution in [0.15, 0.2) is 42.6 Å². The fraction of sp³-hybridized carbons (Fsp3) is 0.200. The van der Waals surface area contributed by atoms with Crippen LogP contribution in [-0.2, 0) is 0 Å². The lowest BCUT2D eigenvalue weighted by Crippen LogP contribution is -2.31. The molecule has 0 spiro atoms. The number of aromatic nitrogens is 1. The second-order valence-corrected chi connectivity index (χ2v) is 4.29. The van der Waals surface area contributed by atoms with Crippen molar-refractivity contribution in [2.75, 3.05) is 17.2 Å². The van der Waals surface area contributed by atoms with Crippen molar-refractivity contribution >= 4 is 17.3 Å². The third kappa shape index (κ3) is 2.73. The molecule has 2 rings (SSSR count). The van der Waals surface area contributed by atoms with Crippen LogP contribution < -0.4 is 10.6 Å². The molecule has 98 valence electrons. The van der Waals surface area contributed by atoms with E-state index in [4.69, 9.17) is 5.73 Å². The first kappa shape index (κ1) is 13.1. The van der Waals surface area contributed by atoms with E-state index in [1.807, 2.05) is 32.0 Å². The molecule has 4 nitrogen and oxygen atoms in total. The number of benzene rings is 1. The Morgan fingerprint density at radius 3 is 2.68 bits per heavy atom. The van der Waals surface area contributed by atoms with Crippen LogP contribution in [0.3, 0.4) is 0 Å². The van der Waals surface area contributed by atoms with E-state index >= 15 is 0 Å². The highest BCUT2D eigenvalue weighted by Crippen LogP contribution is 2.24. The maximum Gasteiger partial charge on any atom is 0.258 e. The van der Waals surface area contributed by atoms with Gasteiger partial charge in [-0.2, -0.15) is 0 Å². The van der Waals surface area contributed by atoms with E-state index in [9.17, 15) is 4.79 Å². The van der Waals surface area contributed by atoms with Crippen LogP contribution >= 0.6 is 0 Å². The summed E-state index contributed by atoms with van der Waals surface area (Å²) >= 11 is 0. The van der Waals surface area contributed by atoms with Crippen molar-refractivity contribution < 1.29 is 4.79 Å². The maximum absolute atomic E-state index is 12.5. The van der Waals surface area contributed by atoms with E-state index in [1.165, 1.54) is 0 Å². The summed E-state index contributed by atoms with van der Waals surface area (Å²) in [5.41, 5.74) is 8.72. The van der Waals surface area contributed by atoms with Crippen LogP contribution in [0.4, 0.5) is 11.4 Å². The van der Waals surface area contributed by atoms with E-state index in [0.717, 1.165) is 11.4 Å². The SMILES string of the molecule is CCN(C(=O)c1ccnc(C)c1)c1ccccc1N. The molecule has 0 aliphatic carbocycles. The first-order valence-electron chi connectivity index (χ1n) is 6.22. The Balaban J connectivity index is 2.38. The number of amides is 1. The van der Waals surface area contributed by atoms with Gasteiger partial charge in [0.15, 0.2) is 0 Å². The minimum Gasteiger partial charge on any atom is -0.397 e. The molecule has 0 unspecified atom stereocenters. The number of nitrogens with two attached hydrogens (primary N) is 1. The third-order valence-electron chi connectivity index (χ3n) is 2.93. The second kappa shape index (κ2) is 5.52. The molecular formula is C15H17N3O. The highest BCUT2D eigenvalue weighted by atomic mass is 16.2. The Kier molecular flexibility index (Phi) is 3.80. The maximum atomic E-state index is 12.5. The Morgan fingerprint density at radius 2 is 2.05 bits per heavy atom. The van der Waals surface area contributed by atoms with Gasteiger partial charge in [-0.3, -0.25) is 9.78 Å². The van der Waals surface area contributed by atoms with Crippen LogP contribution in [0.25, 0.3) is 0 Å². The smallest absolute Gasteiger partial charge is 0.258 e. The number of hydrogen-bond acceptors (Lipinski definition) is 3. The van der Waals surface area contributed by atoms with Crippen molar-refractivity contribution in [3.8, 4) is 0 Å². The average molecular weight is 255 g/mol. The predicted molar refractivity (Wildman–Crippen MR) is 77.2 cm³/mol. The highest BCUT2D eigenvalue weighted by molar-refractivity contribution is 6.07. The van der Waals surface area contributed by atoms with E-state index in [0.29, 0.717) is 17.8 Å². The zero-order chi connectivity index (χ0) is 13.8. The Hall–Kier alpha value is -2.36. The number of nitrogen functional groups attached to an aromatic ring is 1. The van der Waals surface area contributed by atoms with Gasteiger partial charge in [-0.25, -0.2) is 0 Å². The number of anilines is 2. The quantitative estimate of drug-likeness (QED) is 0.858. The van der Waals surface area contributed by atoms with E-state index in [-0.39, 0.29) is 5.91 Å². The summed E-state index contributed by atoms with van der Waals surface area (Å²) in [5, 5.41) is 0. The Morgan fingerprint density at radius 1 is 1.32 bits per heavy atom. The van der Waals surface area contributed by atoms with Gasteiger partial charge in [0.05, 0.1) is 11.4 Å². The zero-order valence-corrected chi connectivity index (χ0v) is 11.1. The third-order valence-corrected chi connectivity index (χ3v) is 2.93. The number of carbonyl (C=O) groups is 1. The molecule has 0 aliphatic heterocycles. The molecule has 1 amide bonds. The van der Waals surface area contributed by atoms with Gasteiger partial charge in [0.2, 0.25) is 0 Å². The van der Waals surface area contributed by atoms with E-state index in [2.05, 4.69) is 4.98 Å². The number of nitrogens with zero attached hydrogens (tertiary/aromatic N) is 2. The van der Waals surface area contributed by atoms with Crippen molar-refractivity contribution in [2.24, 2.45) is 0 Å². The van der Waals surface area contributed by atoms with Gasteiger partial charge < -0.3 is 10.6 Å². The molecule has 0 aliphatic rings. The van der Waals surface area contributed by atoms with Gasteiger partial charge in [0.25, 0.3) is 5.91 Å². The largest absolute Gasteiger partial charge is 0.397 e. The monoisotopic (exact) mass is 255 g/mol. The first-order chi connectivity index (χ1) is 9.13. The summed E-state index contributed by atoms with van der Waals surface area (Å²) in [7, 11) is 0. The molecule has 2 N–H and O–H groups in total. The summed E-state index contributed by atoms with van der Waals surface area (Å²) < 4.78 is 0. The molecule has 1 heterocycles. The summed E-state index contributed by atoms with van der Waals surface area (Å²) in [4.78, 5) is 18.3. The second-order valence-electron chi connectivity index (χ2n) is 4.29. The van der Waals surface area contributed by atoms with Crippen LogP contribution in [0.5, 0.6) is 0 Å². The summed E-state index contributed by atoms with van der Waals surface area (Å²) in [6.45, 7) is 4.36. The number of para-hydroxylation sites is 2. The standard InChI is InChI=1S/C15H17N3O/c1-3-18(14-7-5-4-6-13(14)16)15(19)12-8-9-17-11(2)10-12/h4-10H,3,16H2,1-2H3. The van der Waals surface area contributed by atoms with Crippen LogP contribution in [-0.4, -0.2) is 17.4 Å². The van der Waals surface area contributed by atoms with Crippen molar-refractivity contribution in [2.45, 2.75) is 13.8 Å². The van der Waals surface area contributed by atoms with E-state index in [1.54, 1.807) is 29.3 Å². The summed E-state index contributed by atoms with van der Waals surface area (Å²) in [5.74, 6) is -0.0640. The molecule has 0 bridgehead atoms. The van der Waals surface area contributed by atoms with Gasteiger partial charge in [0.1, 0.15) is 0 Å². The van der Waals surface area contributed by atoms with Gasteiger partial charge in [0, 0.05) is 24.0 Å². The number of hydrogen-bond donors (Lipinski definition) is 1. The van der Waals surface area contributed by atoms with Crippen LogP contribution in [0, 0.1) is 6.92 Å². The molecule has 1 aromatic heterocycles. The fourth-order valence-electron chi connectivity index (χ4n) is 1.99. The van der Waals surface area contributed by atoms with Gasteiger partial charge in [-0.15, -0.1) is 0 Å². The minimum absolute atomic E-state index is 0.0640. The van der Waals surface area contributed by atoms with Gasteiger partial charge in [-0.05, 0) is 38.1 Å². The van der Waals surface area contributed by atoms with Crippen molar-refractivity contribution in [3.63, 3.8) is 0 Å². The van der Waals surface area contributed by atoms with Crippen LogP contribution in [0.1, 0.15) is 23.0 Å². The Bertz CT molecular complexity index is 595. The molecule has 1 aromatic carbocycles. The lowest BCUT2D eigenvalue weighted by atomic mass is 10.1. The molecule has 4 heteroatoms. The summed E-state index contributed by atoms with van der Waals surface area (Å²) in [6, 6.07) is 10.9. The number of rotatable bonds is 3. The average Bonchev–Trinajstić information content (AvgIpc) is 2.41.